The second-order valence-corrected chi connectivity index (χ2v) is 10.5. The summed E-state index contributed by atoms with van der Waals surface area (Å²) in [7, 11) is 0. The number of carbonyl (C=O) groups is 3. The van der Waals surface area contributed by atoms with Gasteiger partial charge in [0, 0.05) is 18.0 Å². The minimum Gasteiger partial charge on any atom is -0.460 e. The summed E-state index contributed by atoms with van der Waals surface area (Å²) in [6.45, 7) is 7.93. The summed E-state index contributed by atoms with van der Waals surface area (Å²) in [5, 5.41) is 0. The number of nitrogens with two attached hydrogens (primary N) is 1. The highest BCUT2D eigenvalue weighted by atomic mass is 16.6. The summed E-state index contributed by atoms with van der Waals surface area (Å²) in [6.07, 6.45) is 12.1. The van der Waals surface area contributed by atoms with Crippen molar-refractivity contribution in [3.8, 4) is 0 Å². The van der Waals surface area contributed by atoms with Gasteiger partial charge in [-0.2, -0.15) is 0 Å². The molecule has 0 amide bonds. The molecule has 0 fully saturated rings. The smallest absolute Gasteiger partial charge is 0.356 e. The fourth-order valence-corrected chi connectivity index (χ4v) is 4.09. The molecule has 1 rings (SSSR count). The number of ketones is 1. The molecule has 0 heterocycles. The summed E-state index contributed by atoms with van der Waals surface area (Å²) in [6, 6.07) is 8.19. The lowest BCUT2D eigenvalue weighted by molar-refractivity contribution is -0.166. The van der Waals surface area contributed by atoms with Gasteiger partial charge in [-0.1, -0.05) is 108 Å². The lowest BCUT2D eigenvalue weighted by Crippen LogP contribution is -2.38. The van der Waals surface area contributed by atoms with E-state index in [1.165, 1.54) is 51.4 Å². The summed E-state index contributed by atoms with van der Waals surface area (Å²) in [5.74, 6) is -1.24. The van der Waals surface area contributed by atoms with E-state index in [2.05, 4.69) is 13.8 Å². The molecule has 0 aromatic heterocycles. The van der Waals surface area contributed by atoms with E-state index in [1.807, 2.05) is 0 Å². The molecule has 0 aliphatic carbocycles. The first kappa shape index (κ1) is 31.8. The molecule has 2 N–H and O–H groups in total. The van der Waals surface area contributed by atoms with E-state index in [-0.39, 0.29) is 12.5 Å². The van der Waals surface area contributed by atoms with E-state index >= 15 is 0 Å². The summed E-state index contributed by atoms with van der Waals surface area (Å²) in [4.78, 5) is 37.6. The van der Waals surface area contributed by atoms with Crippen LogP contribution < -0.4 is 5.73 Å². The van der Waals surface area contributed by atoms with Crippen LogP contribution in [-0.2, 0) is 19.1 Å². The molecule has 2 unspecified atom stereocenters. The Hall–Kier alpha value is -2.21. The first-order valence-electron chi connectivity index (χ1n) is 14.0. The van der Waals surface area contributed by atoms with Crippen LogP contribution in [0.5, 0.6) is 0 Å². The zero-order valence-corrected chi connectivity index (χ0v) is 23.0. The highest BCUT2D eigenvalue weighted by Crippen LogP contribution is 2.15. The Morgan fingerprint density at radius 1 is 0.722 bits per heavy atom. The number of Topliss-reactive ketones (excluding diaryl/α,β-unsaturated/α-hetero) is 1. The molecule has 0 aliphatic heterocycles. The molecule has 0 saturated carbocycles. The van der Waals surface area contributed by atoms with E-state index in [9.17, 15) is 14.4 Å². The molecule has 2 atom stereocenters. The van der Waals surface area contributed by atoms with Crippen LogP contribution in [0.15, 0.2) is 30.3 Å². The Labute approximate surface area is 218 Å². The van der Waals surface area contributed by atoms with Gasteiger partial charge in [0.2, 0.25) is 5.78 Å². The predicted octanol–water partition coefficient (Wildman–Crippen LogP) is 6.79. The van der Waals surface area contributed by atoms with Crippen LogP contribution in [0.3, 0.4) is 0 Å². The maximum atomic E-state index is 12.8. The standard InChI is InChI=1S/C30H49NO5/c1-23(2)17-13-10-8-6-5-7-9-11-16-20-26(31)21-22-27(32)36-29(30(34)35-24(3)4)28(33)25-18-14-12-15-19-25/h12,14-15,18-19,23-24,26,29H,5-11,13,16-17,20-22,31H2,1-4H3. The summed E-state index contributed by atoms with van der Waals surface area (Å²) >= 11 is 0. The van der Waals surface area contributed by atoms with Gasteiger partial charge in [-0.25, -0.2) is 4.79 Å². The molecular weight excluding hydrogens is 454 g/mol. The van der Waals surface area contributed by atoms with Crippen molar-refractivity contribution in [3.05, 3.63) is 35.9 Å². The molecule has 1 aromatic carbocycles. The van der Waals surface area contributed by atoms with E-state index in [0.29, 0.717) is 12.0 Å². The van der Waals surface area contributed by atoms with Gasteiger partial charge in [0.05, 0.1) is 6.10 Å². The maximum Gasteiger partial charge on any atom is 0.356 e. The quantitative estimate of drug-likeness (QED) is 0.0911. The van der Waals surface area contributed by atoms with Gasteiger partial charge in [0.25, 0.3) is 6.10 Å². The van der Waals surface area contributed by atoms with Crippen molar-refractivity contribution in [2.24, 2.45) is 11.7 Å². The summed E-state index contributed by atoms with van der Waals surface area (Å²) in [5.41, 5.74) is 6.48. The first-order valence-corrected chi connectivity index (χ1v) is 14.0. The van der Waals surface area contributed by atoms with Crippen molar-refractivity contribution in [2.75, 3.05) is 0 Å². The van der Waals surface area contributed by atoms with Gasteiger partial charge in [-0.3, -0.25) is 9.59 Å². The highest BCUT2D eigenvalue weighted by Gasteiger charge is 2.33. The average molecular weight is 504 g/mol. The number of hydrogen-bond donors (Lipinski definition) is 1. The monoisotopic (exact) mass is 503 g/mol. The molecule has 0 radical (unpaired) electrons. The Balaban J connectivity index is 2.27. The minimum atomic E-state index is -1.60. The van der Waals surface area contributed by atoms with Gasteiger partial charge in [0.1, 0.15) is 0 Å². The van der Waals surface area contributed by atoms with Crippen molar-refractivity contribution < 1.29 is 23.9 Å². The van der Waals surface area contributed by atoms with Crippen LogP contribution in [-0.4, -0.2) is 36.0 Å². The second kappa shape index (κ2) is 19.0. The molecular formula is C30H49NO5. The van der Waals surface area contributed by atoms with E-state index in [4.69, 9.17) is 15.2 Å². The van der Waals surface area contributed by atoms with Crippen molar-refractivity contribution in [1.29, 1.82) is 0 Å². The van der Waals surface area contributed by atoms with E-state index in [0.717, 1.165) is 25.2 Å². The van der Waals surface area contributed by atoms with Gasteiger partial charge in [-0.15, -0.1) is 0 Å². The SMILES string of the molecule is CC(C)CCCCCCCCCCCC(N)CCC(=O)OC(C(=O)OC(C)C)C(=O)c1ccccc1. The molecule has 0 saturated heterocycles. The lowest BCUT2D eigenvalue weighted by Gasteiger charge is -2.18. The predicted molar refractivity (Wildman–Crippen MR) is 145 cm³/mol. The number of unbranched alkanes of at least 4 members (excludes halogenated alkanes) is 8. The van der Waals surface area contributed by atoms with Crippen LogP contribution in [0, 0.1) is 5.92 Å². The molecule has 6 heteroatoms. The van der Waals surface area contributed by atoms with Crippen LogP contribution in [0.25, 0.3) is 0 Å². The topological polar surface area (TPSA) is 95.7 Å². The number of rotatable bonds is 20. The number of benzene rings is 1. The van der Waals surface area contributed by atoms with Crippen LogP contribution in [0.2, 0.25) is 0 Å². The van der Waals surface area contributed by atoms with Crippen molar-refractivity contribution in [3.63, 3.8) is 0 Å². The Kier molecular flexibility index (Phi) is 16.8. The largest absolute Gasteiger partial charge is 0.460 e. The van der Waals surface area contributed by atoms with Gasteiger partial charge in [0.15, 0.2) is 0 Å². The normalized spacial score (nSPS) is 13.0. The zero-order chi connectivity index (χ0) is 26.8. The van der Waals surface area contributed by atoms with Crippen molar-refractivity contribution in [1.82, 2.24) is 0 Å². The van der Waals surface area contributed by atoms with Crippen LogP contribution in [0.4, 0.5) is 0 Å². The molecule has 204 valence electrons. The van der Waals surface area contributed by atoms with Crippen molar-refractivity contribution in [2.45, 2.75) is 129 Å². The summed E-state index contributed by atoms with van der Waals surface area (Å²) < 4.78 is 10.4. The van der Waals surface area contributed by atoms with Crippen LogP contribution >= 0.6 is 0 Å². The Morgan fingerprint density at radius 2 is 1.25 bits per heavy atom. The third kappa shape index (κ3) is 15.0. The van der Waals surface area contributed by atoms with Crippen molar-refractivity contribution >= 4 is 17.7 Å². The molecule has 0 spiro atoms. The minimum absolute atomic E-state index is 0.0610. The van der Waals surface area contributed by atoms with Crippen LogP contribution in [0.1, 0.15) is 122 Å². The number of carbonyl (C=O) groups excluding carboxylic acids is 3. The molecule has 6 nitrogen and oxygen atoms in total. The van der Waals surface area contributed by atoms with E-state index in [1.54, 1.807) is 44.2 Å². The Bertz CT molecular complexity index is 747. The fraction of sp³-hybridized carbons (Fsp3) is 0.700. The molecule has 0 bridgehead atoms. The fourth-order valence-electron chi connectivity index (χ4n) is 4.09. The Morgan fingerprint density at radius 3 is 1.78 bits per heavy atom. The van der Waals surface area contributed by atoms with E-state index < -0.39 is 29.9 Å². The zero-order valence-electron chi connectivity index (χ0n) is 23.0. The first-order chi connectivity index (χ1) is 17.2. The lowest BCUT2D eigenvalue weighted by atomic mass is 10.0. The van der Waals surface area contributed by atoms with Gasteiger partial charge >= 0.3 is 11.9 Å². The molecule has 1 aromatic rings. The second-order valence-electron chi connectivity index (χ2n) is 10.5. The average Bonchev–Trinajstić information content (AvgIpc) is 2.84. The maximum absolute atomic E-state index is 12.8. The van der Waals surface area contributed by atoms with Gasteiger partial charge < -0.3 is 15.2 Å². The third-order valence-corrected chi connectivity index (χ3v) is 6.19. The number of hydrogen-bond acceptors (Lipinski definition) is 6. The van der Waals surface area contributed by atoms with Gasteiger partial charge in [-0.05, 0) is 32.6 Å². The highest BCUT2D eigenvalue weighted by molar-refractivity contribution is 6.12. The molecule has 0 aliphatic rings. The number of ether oxygens (including phenoxy) is 2. The third-order valence-electron chi connectivity index (χ3n) is 6.19. The number of esters is 2. The molecule has 36 heavy (non-hydrogen) atoms.